The Balaban J connectivity index is 1.61. The van der Waals surface area contributed by atoms with Gasteiger partial charge in [0.2, 0.25) is 5.89 Å². The Kier molecular flexibility index (Phi) is 4.01. The molecule has 0 amide bonds. The molecule has 3 aromatic heterocycles. The molecule has 3 heterocycles. The molecule has 0 saturated heterocycles. The summed E-state index contributed by atoms with van der Waals surface area (Å²) in [6, 6.07) is 5.74. The van der Waals surface area contributed by atoms with Gasteiger partial charge in [-0.1, -0.05) is 6.07 Å². The lowest BCUT2D eigenvalue weighted by atomic mass is 10.2. The van der Waals surface area contributed by atoms with Crippen LogP contribution in [0.4, 0.5) is 11.8 Å². The number of hydrogen-bond acceptors (Lipinski definition) is 8. The van der Waals surface area contributed by atoms with Gasteiger partial charge in [0, 0.05) is 31.5 Å². The van der Waals surface area contributed by atoms with Crippen LogP contribution in [0.5, 0.6) is 0 Å². The van der Waals surface area contributed by atoms with Crippen molar-refractivity contribution in [2.24, 2.45) is 0 Å². The van der Waals surface area contributed by atoms with Crippen LogP contribution in [0.3, 0.4) is 0 Å². The highest BCUT2D eigenvalue weighted by Gasteiger charge is 2.20. The highest BCUT2D eigenvalue weighted by molar-refractivity contribution is 5.57. The number of anilines is 2. The number of aromatic nitrogens is 5. The summed E-state index contributed by atoms with van der Waals surface area (Å²) in [5.41, 5.74) is 3.04. The highest BCUT2D eigenvalue weighted by atomic mass is 16.5. The summed E-state index contributed by atoms with van der Waals surface area (Å²) >= 11 is 0. The van der Waals surface area contributed by atoms with Gasteiger partial charge in [-0.15, -0.1) is 0 Å². The summed E-state index contributed by atoms with van der Waals surface area (Å²) in [7, 11) is 3.75. The zero-order chi connectivity index (χ0) is 17.2. The molecule has 0 atom stereocenters. The van der Waals surface area contributed by atoms with E-state index in [1.54, 1.807) is 11.1 Å². The molecule has 4 rings (SSSR count). The Morgan fingerprint density at radius 2 is 2.08 bits per heavy atom. The van der Waals surface area contributed by atoms with Gasteiger partial charge in [-0.05, 0) is 36.6 Å². The Morgan fingerprint density at radius 1 is 1.16 bits per heavy atom. The quantitative estimate of drug-likeness (QED) is 0.756. The van der Waals surface area contributed by atoms with Crippen molar-refractivity contribution in [1.29, 1.82) is 0 Å². The van der Waals surface area contributed by atoms with E-state index in [4.69, 9.17) is 9.51 Å². The van der Waals surface area contributed by atoms with Gasteiger partial charge in [0.25, 0.3) is 5.95 Å². The lowest BCUT2D eigenvalue weighted by Crippen LogP contribution is -2.11. The largest absolute Gasteiger partial charge is 0.361 e. The van der Waals surface area contributed by atoms with Crippen molar-refractivity contribution >= 4 is 11.8 Å². The molecule has 0 unspecified atom stereocenters. The standard InChI is InChI=1S/C17H19N7O/c1-24(2)17-21-14(25-23-17)10-19-15-11-6-5-8-12(11)20-16(22-15)13-7-3-4-9-18-13/h3-4,7,9H,5-6,8,10H2,1-2H3,(H,19,20,22). The van der Waals surface area contributed by atoms with E-state index < -0.39 is 0 Å². The number of aryl methyl sites for hydroxylation is 1. The zero-order valence-electron chi connectivity index (χ0n) is 14.2. The van der Waals surface area contributed by atoms with Crippen LogP contribution >= 0.6 is 0 Å². The third-order valence-electron chi connectivity index (χ3n) is 4.09. The number of pyridine rings is 1. The molecule has 128 valence electrons. The lowest BCUT2D eigenvalue weighted by Gasteiger charge is -2.10. The van der Waals surface area contributed by atoms with E-state index in [2.05, 4.69) is 25.4 Å². The molecule has 3 aromatic rings. The van der Waals surface area contributed by atoms with Gasteiger partial charge in [-0.25, -0.2) is 9.97 Å². The van der Waals surface area contributed by atoms with Crippen LogP contribution in [0, 0.1) is 0 Å². The maximum absolute atomic E-state index is 5.26. The van der Waals surface area contributed by atoms with Crippen molar-refractivity contribution in [3.8, 4) is 11.5 Å². The molecule has 0 spiro atoms. The van der Waals surface area contributed by atoms with E-state index in [-0.39, 0.29) is 0 Å². The normalized spacial score (nSPS) is 12.9. The molecule has 1 N–H and O–H groups in total. The van der Waals surface area contributed by atoms with Gasteiger partial charge >= 0.3 is 0 Å². The van der Waals surface area contributed by atoms with Gasteiger partial charge in [0.15, 0.2) is 5.82 Å². The molecule has 25 heavy (non-hydrogen) atoms. The molecule has 1 aliphatic carbocycles. The Morgan fingerprint density at radius 3 is 2.84 bits per heavy atom. The SMILES string of the molecule is CN(C)c1noc(CNc2nc(-c3ccccn3)nc3c2CCC3)n1. The van der Waals surface area contributed by atoms with Crippen LogP contribution in [-0.2, 0) is 19.4 Å². The Bertz CT molecular complexity index is 876. The molecule has 8 nitrogen and oxygen atoms in total. The molecule has 8 heteroatoms. The average Bonchev–Trinajstić information content (AvgIpc) is 3.29. The number of hydrogen-bond donors (Lipinski definition) is 1. The Labute approximate surface area is 145 Å². The van der Waals surface area contributed by atoms with Crippen LogP contribution in [0.2, 0.25) is 0 Å². The third kappa shape index (κ3) is 3.15. The monoisotopic (exact) mass is 337 g/mol. The van der Waals surface area contributed by atoms with Gasteiger partial charge in [0.1, 0.15) is 11.5 Å². The number of fused-ring (bicyclic) bond motifs is 1. The minimum atomic E-state index is 0.423. The minimum absolute atomic E-state index is 0.423. The van der Waals surface area contributed by atoms with E-state index >= 15 is 0 Å². The second-order valence-corrected chi connectivity index (χ2v) is 6.13. The minimum Gasteiger partial charge on any atom is -0.361 e. The van der Waals surface area contributed by atoms with Crippen LogP contribution in [0.25, 0.3) is 11.5 Å². The zero-order valence-corrected chi connectivity index (χ0v) is 14.2. The Hall–Kier alpha value is -3.03. The predicted molar refractivity (Wildman–Crippen MR) is 93.2 cm³/mol. The topological polar surface area (TPSA) is 92.9 Å². The fourth-order valence-electron chi connectivity index (χ4n) is 2.85. The first-order valence-corrected chi connectivity index (χ1v) is 8.25. The number of nitrogens with one attached hydrogen (secondary N) is 1. The van der Waals surface area contributed by atoms with E-state index in [9.17, 15) is 0 Å². The molecular weight excluding hydrogens is 318 g/mol. The van der Waals surface area contributed by atoms with Crippen molar-refractivity contribution in [3.63, 3.8) is 0 Å². The molecule has 0 aromatic carbocycles. The van der Waals surface area contributed by atoms with E-state index in [1.165, 1.54) is 5.56 Å². The van der Waals surface area contributed by atoms with Crippen LogP contribution in [0.15, 0.2) is 28.9 Å². The number of nitrogens with zero attached hydrogens (tertiary/aromatic N) is 6. The maximum Gasteiger partial charge on any atom is 0.265 e. The fraction of sp³-hybridized carbons (Fsp3) is 0.353. The first kappa shape index (κ1) is 15.5. The molecule has 0 saturated carbocycles. The van der Waals surface area contributed by atoms with E-state index in [0.29, 0.717) is 24.2 Å². The van der Waals surface area contributed by atoms with Gasteiger partial charge in [0.05, 0.1) is 6.54 Å². The molecule has 0 radical (unpaired) electrons. The van der Waals surface area contributed by atoms with Crippen LogP contribution in [-0.4, -0.2) is 39.2 Å². The summed E-state index contributed by atoms with van der Waals surface area (Å²) in [5, 5.41) is 7.25. The van der Waals surface area contributed by atoms with Crippen LogP contribution < -0.4 is 10.2 Å². The van der Waals surface area contributed by atoms with Crippen molar-refractivity contribution < 1.29 is 4.52 Å². The lowest BCUT2D eigenvalue weighted by molar-refractivity contribution is 0.383. The summed E-state index contributed by atoms with van der Waals surface area (Å²) < 4.78 is 5.26. The molecule has 0 bridgehead atoms. The molecule has 0 fully saturated rings. The summed E-state index contributed by atoms with van der Waals surface area (Å²) in [5.74, 6) is 2.54. The second-order valence-electron chi connectivity index (χ2n) is 6.13. The van der Waals surface area contributed by atoms with Crippen molar-refractivity contribution in [2.75, 3.05) is 24.3 Å². The van der Waals surface area contributed by atoms with Gasteiger partial charge in [-0.3, -0.25) is 4.98 Å². The van der Waals surface area contributed by atoms with Crippen molar-refractivity contribution in [1.82, 2.24) is 25.1 Å². The smallest absolute Gasteiger partial charge is 0.265 e. The van der Waals surface area contributed by atoms with Crippen molar-refractivity contribution in [3.05, 3.63) is 41.5 Å². The van der Waals surface area contributed by atoms with E-state index in [0.717, 1.165) is 36.5 Å². The van der Waals surface area contributed by atoms with E-state index in [1.807, 2.05) is 32.3 Å². The predicted octanol–water partition coefficient (Wildman–Crippen LogP) is 2.09. The maximum atomic E-state index is 5.26. The second kappa shape index (κ2) is 6.46. The third-order valence-corrected chi connectivity index (χ3v) is 4.09. The van der Waals surface area contributed by atoms with Crippen LogP contribution in [0.1, 0.15) is 23.6 Å². The summed E-state index contributed by atoms with van der Waals surface area (Å²) in [4.78, 5) is 19.9. The fourth-order valence-corrected chi connectivity index (χ4v) is 2.85. The van der Waals surface area contributed by atoms with Gasteiger partial charge < -0.3 is 14.7 Å². The highest BCUT2D eigenvalue weighted by Crippen LogP contribution is 2.28. The summed E-state index contributed by atoms with van der Waals surface area (Å²) in [6.45, 7) is 0.423. The molecular formula is C17H19N7O. The first-order chi connectivity index (χ1) is 12.2. The molecule has 0 aliphatic heterocycles. The summed E-state index contributed by atoms with van der Waals surface area (Å²) in [6.07, 6.45) is 4.79. The number of rotatable bonds is 5. The van der Waals surface area contributed by atoms with Crippen molar-refractivity contribution in [2.45, 2.75) is 25.8 Å². The molecule has 1 aliphatic rings. The first-order valence-electron chi connectivity index (χ1n) is 8.25. The average molecular weight is 337 g/mol. The van der Waals surface area contributed by atoms with Gasteiger partial charge in [-0.2, -0.15) is 4.98 Å².